The number of aliphatic hydroxyl groups is 1. The summed E-state index contributed by atoms with van der Waals surface area (Å²) in [6, 6.07) is 5.97. The Labute approximate surface area is 95.1 Å². The molecule has 0 unspecified atom stereocenters. The van der Waals surface area contributed by atoms with E-state index in [1.165, 1.54) is 5.69 Å². The van der Waals surface area contributed by atoms with E-state index in [-0.39, 0.29) is 6.61 Å². The highest BCUT2D eigenvalue weighted by Crippen LogP contribution is 2.09. The van der Waals surface area contributed by atoms with Crippen molar-refractivity contribution in [2.75, 3.05) is 0 Å². The molecule has 0 aliphatic rings. The number of rotatable bonds is 4. The van der Waals surface area contributed by atoms with Crippen molar-refractivity contribution in [2.24, 2.45) is 0 Å². The van der Waals surface area contributed by atoms with E-state index in [1.54, 1.807) is 0 Å². The molecule has 0 amide bonds. The van der Waals surface area contributed by atoms with Crippen molar-refractivity contribution in [2.45, 2.75) is 33.5 Å². The van der Waals surface area contributed by atoms with E-state index in [9.17, 15) is 5.11 Å². The Kier molecular flexibility index (Phi) is 3.10. The number of hydrogen-bond donors (Lipinski definition) is 1. The molecule has 0 saturated carbocycles. The van der Waals surface area contributed by atoms with Gasteiger partial charge in [0.2, 0.25) is 0 Å². The van der Waals surface area contributed by atoms with Crippen LogP contribution in [0.5, 0.6) is 0 Å². The third-order valence-electron chi connectivity index (χ3n) is 2.70. The minimum atomic E-state index is 0.0756. The van der Waals surface area contributed by atoms with Crippen LogP contribution in [0.15, 0.2) is 24.4 Å². The molecule has 16 heavy (non-hydrogen) atoms. The summed E-state index contributed by atoms with van der Waals surface area (Å²) < 4.78 is 4.04. The topological polar surface area (TPSA) is 43.0 Å². The van der Waals surface area contributed by atoms with Gasteiger partial charge >= 0.3 is 0 Å². The second-order valence-electron chi connectivity index (χ2n) is 3.88. The van der Waals surface area contributed by atoms with Crippen molar-refractivity contribution in [3.05, 3.63) is 41.5 Å². The minimum Gasteiger partial charge on any atom is -0.390 e. The maximum absolute atomic E-state index is 9.17. The van der Waals surface area contributed by atoms with E-state index in [2.05, 4.69) is 18.1 Å². The van der Waals surface area contributed by atoms with Crippen LogP contribution in [0.3, 0.4) is 0 Å². The average molecular weight is 219 g/mol. The van der Waals surface area contributed by atoms with Crippen molar-refractivity contribution in [1.29, 1.82) is 0 Å². The largest absolute Gasteiger partial charge is 0.390 e. The fourth-order valence-electron chi connectivity index (χ4n) is 1.92. The third kappa shape index (κ3) is 2.02. The molecule has 2 aromatic rings. The molecule has 2 rings (SSSR count). The maximum atomic E-state index is 9.17. The molecule has 2 aromatic heterocycles. The number of aliphatic hydroxyl groups excluding tert-OH is 1. The molecule has 0 bridgehead atoms. The van der Waals surface area contributed by atoms with Crippen LogP contribution in [0, 0.1) is 6.92 Å². The summed E-state index contributed by atoms with van der Waals surface area (Å²) in [6.07, 6.45) is 1.98. The first-order valence-electron chi connectivity index (χ1n) is 5.52. The van der Waals surface area contributed by atoms with Gasteiger partial charge in [0.15, 0.2) is 0 Å². The fraction of sp³-hybridized carbons (Fsp3) is 0.417. The maximum Gasteiger partial charge on any atom is 0.0832 e. The lowest BCUT2D eigenvalue weighted by atomic mass is 10.3. The van der Waals surface area contributed by atoms with E-state index in [0.717, 1.165) is 24.5 Å². The molecule has 0 saturated heterocycles. The highest BCUT2D eigenvalue weighted by Gasteiger charge is 2.06. The van der Waals surface area contributed by atoms with Crippen molar-refractivity contribution < 1.29 is 5.11 Å². The molecule has 0 spiro atoms. The zero-order valence-electron chi connectivity index (χ0n) is 9.72. The Morgan fingerprint density at radius 3 is 2.88 bits per heavy atom. The van der Waals surface area contributed by atoms with Gasteiger partial charge < -0.3 is 9.67 Å². The monoisotopic (exact) mass is 219 g/mol. The van der Waals surface area contributed by atoms with Crippen molar-refractivity contribution in [3.8, 4) is 0 Å². The Balaban J connectivity index is 2.26. The number of aromatic nitrogens is 3. The van der Waals surface area contributed by atoms with Crippen LogP contribution >= 0.6 is 0 Å². The van der Waals surface area contributed by atoms with Gasteiger partial charge in [-0.05, 0) is 32.0 Å². The Bertz CT molecular complexity index is 470. The molecule has 0 radical (unpaired) electrons. The molecule has 0 aromatic carbocycles. The summed E-state index contributed by atoms with van der Waals surface area (Å²) in [5, 5.41) is 13.6. The van der Waals surface area contributed by atoms with Crippen LogP contribution in [0.4, 0.5) is 0 Å². The van der Waals surface area contributed by atoms with Gasteiger partial charge in [0.25, 0.3) is 0 Å². The van der Waals surface area contributed by atoms with E-state index in [4.69, 9.17) is 0 Å². The average Bonchev–Trinajstić information content (AvgIpc) is 2.85. The summed E-state index contributed by atoms with van der Waals surface area (Å²) in [7, 11) is 0. The van der Waals surface area contributed by atoms with E-state index in [1.807, 2.05) is 34.5 Å². The first-order chi connectivity index (χ1) is 7.74. The van der Waals surface area contributed by atoms with Crippen molar-refractivity contribution in [1.82, 2.24) is 14.3 Å². The van der Waals surface area contributed by atoms with Crippen LogP contribution in [0.2, 0.25) is 0 Å². The lowest BCUT2D eigenvalue weighted by Crippen LogP contribution is -2.09. The zero-order chi connectivity index (χ0) is 11.5. The van der Waals surface area contributed by atoms with Crippen LogP contribution in [-0.2, 0) is 19.7 Å². The normalized spacial score (nSPS) is 10.9. The van der Waals surface area contributed by atoms with Crippen molar-refractivity contribution >= 4 is 0 Å². The van der Waals surface area contributed by atoms with E-state index in [0.29, 0.717) is 0 Å². The summed E-state index contributed by atoms with van der Waals surface area (Å²) in [5.74, 6) is 0. The molecule has 4 heteroatoms. The van der Waals surface area contributed by atoms with Gasteiger partial charge in [-0.15, -0.1) is 0 Å². The van der Waals surface area contributed by atoms with Gasteiger partial charge in [-0.25, -0.2) is 0 Å². The summed E-state index contributed by atoms with van der Waals surface area (Å²) in [4.78, 5) is 0. The highest BCUT2D eigenvalue weighted by molar-refractivity contribution is 5.13. The molecule has 4 nitrogen and oxygen atoms in total. The van der Waals surface area contributed by atoms with E-state index >= 15 is 0 Å². The summed E-state index contributed by atoms with van der Waals surface area (Å²) in [5.41, 5.74) is 3.14. The minimum absolute atomic E-state index is 0.0756. The van der Waals surface area contributed by atoms with Gasteiger partial charge in [-0.3, -0.25) is 4.68 Å². The van der Waals surface area contributed by atoms with Gasteiger partial charge in [0.05, 0.1) is 24.5 Å². The fourth-order valence-corrected chi connectivity index (χ4v) is 1.92. The number of aryl methyl sites for hydroxylation is 2. The Morgan fingerprint density at radius 1 is 1.38 bits per heavy atom. The van der Waals surface area contributed by atoms with Crippen LogP contribution in [-0.4, -0.2) is 19.5 Å². The highest BCUT2D eigenvalue weighted by atomic mass is 16.3. The molecule has 86 valence electrons. The Morgan fingerprint density at radius 2 is 2.19 bits per heavy atom. The third-order valence-corrected chi connectivity index (χ3v) is 2.70. The lowest BCUT2D eigenvalue weighted by Gasteiger charge is -2.08. The van der Waals surface area contributed by atoms with Gasteiger partial charge in [0, 0.05) is 18.4 Å². The van der Waals surface area contributed by atoms with Gasteiger partial charge in [-0.2, -0.15) is 5.10 Å². The molecular formula is C12H17N3O. The first-order valence-corrected chi connectivity index (χ1v) is 5.52. The SMILES string of the molecule is CCn1nc(C)cc1Cn1cccc1CO. The standard InChI is InChI=1S/C12H17N3O/c1-3-15-12(7-10(2)13-15)8-14-6-4-5-11(14)9-16/h4-7,16H,3,8-9H2,1-2H3. The van der Waals surface area contributed by atoms with Crippen molar-refractivity contribution in [3.63, 3.8) is 0 Å². The zero-order valence-corrected chi connectivity index (χ0v) is 9.72. The second-order valence-corrected chi connectivity index (χ2v) is 3.88. The predicted molar refractivity (Wildman–Crippen MR) is 62.1 cm³/mol. The summed E-state index contributed by atoms with van der Waals surface area (Å²) >= 11 is 0. The molecule has 2 heterocycles. The predicted octanol–water partition coefficient (Wildman–Crippen LogP) is 1.55. The quantitative estimate of drug-likeness (QED) is 0.848. The van der Waals surface area contributed by atoms with Crippen LogP contribution < -0.4 is 0 Å². The van der Waals surface area contributed by atoms with Crippen LogP contribution in [0.1, 0.15) is 24.0 Å². The van der Waals surface area contributed by atoms with E-state index < -0.39 is 0 Å². The Hall–Kier alpha value is -1.55. The lowest BCUT2D eigenvalue weighted by molar-refractivity contribution is 0.271. The summed E-state index contributed by atoms with van der Waals surface area (Å²) in [6.45, 7) is 5.79. The van der Waals surface area contributed by atoms with Gasteiger partial charge in [-0.1, -0.05) is 0 Å². The van der Waals surface area contributed by atoms with Crippen LogP contribution in [0.25, 0.3) is 0 Å². The molecule has 1 N–H and O–H groups in total. The molecule has 0 aliphatic heterocycles. The smallest absolute Gasteiger partial charge is 0.0832 e. The number of nitrogens with zero attached hydrogens (tertiary/aromatic N) is 3. The van der Waals surface area contributed by atoms with Gasteiger partial charge in [0.1, 0.15) is 0 Å². The first kappa shape index (κ1) is 11.0. The molecule has 0 atom stereocenters. The second kappa shape index (κ2) is 4.53. The molecule has 0 aliphatic carbocycles. The molecular weight excluding hydrogens is 202 g/mol. The number of hydrogen-bond acceptors (Lipinski definition) is 2. The molecule has 0 fully saturated rings.